The quantitative estimate of drug-likeness (QED) is 0.462. The number of rotatable bonds is 8. The molecule has 3 aromatic rings. The number of nitrogens with one attached hydrogen (secondary N) is 1. The molecule has 0 spiro atoms. The Balaban J connectivity index is 2.03. The molecule has 0 amide bonds. The van der Waals surface area contributed by atoms with Gasteiger partial charge < -0.3 is 25.4 Å². The van der Waals surface area contributed by atoms with Crippen molar-refractivity contribution in [1.82, 2.24) is 4.98 Å². The zero-order chi connectivity index (χ0) is 20.1. The van der Waals surface area contributed by atoms with E-state index in [9.17, 15) is 10.2 Å². The highest BCUT2D eigenvalue weighted by molar-refractivity contribution is 7.15. The Hall–Kier alpha value is -2.61. The standard InChI is InChI=1S/C21H24N2O4S/c1-3-16-5-7-20(28-16)14-8-17(13-4-6-18(26)19(9-13)27-2)23-21(10-14)22-11-15(25)12-24/h4-10,15,24-26H,3,11-12H2,1-2H3,(H,22,23). The summed E-state index contributed by atoms with van der Waals surface area (Å²) in [6.45, 7) is 2.00. The van der Waals surface area contributed by atoms with E-state index in [-0.39, 0.29) is 18.9 Å². The fourth-order valence-corrected chi connectivity index (χ4v) is 3.69. The summed E-state index contributed by atoms with van der Waals surface area (Å²) in [5.41, 5.74) is 2.51. The lowest BCUT2D eigenvalue weighted by atomic mass is 10.1. The third-order valence-corrected chi connectivity index (χ3v) is 5.60. The second-order valence-corrected chi connectivity index (χ2v) is 7.52. The predicted molar refractivity (Wildman–Crippen MR) is 112 cm³/mol. The van der Waals surface area contributed by atoms with E-state index in [1.165, 1.54) is 12.0 Å². The Bertz CT molecular complexity index is 942. The highest BCUT2D eigenvalue weighted by Crippen LogP contribution is 2.35. The lowest BCUT2D eigenvalue weighted by Crippen LogP contribution is -2.23. The lowest BCUT2D eigenvalue weighted by Gasteiger charge is -2.13. The molecule has 3 rings (SSSR count). The Kier molecular flexibility index (Phi) is 6.51. The molecule has 0 fully saturated rings. The van der Waals surface area contributed by atoms with Gasteiger partial charge in [0.1, 0.15) is 5.82 Å². The van der Waals surface area contributed by atoms with E-state index in [2.05, 4.69) is 29.4 Å². The molecule has 0 saturated heterocycles. The van der Waals surface area contributed by atoms with Crippen LogP contribution in [0.3, 0.4) is 0 Å². The molecule has 6 nitrogen and oxygen atoms in total. The highest BCUT2D eigenvalue weighted by atomic mass is 32.1. The first-order valence-electron chi connectivity index (χ1n) is 9.05. The summed E-state index contributed by atoms with van der Waals surface area (Å²) in [5.74, 6) is 1.04. The number of anilines is 1. The van der Waals surface area contributed by atoms with Crippen molar-refractivity contribution in [1.29, 1.82) is 0 Å². The number of aliphatic hydroxyl groups is 2. The van der Waals surface area contributed by atoms with E-state index >= 15 is 0 Å². The molecule has 0 aliphatic heterocycles. The number of benzene rings is 1. The number of aromatic nitrogens is 1. The number of phenolic OH excluding ortho intramolecular Hbond substituents is 1. The average molecular weight is 401 g/mol. The Labute approximate surface area is 168 Å². The summed E-state index contributed by atoms with van der Waals surface area (Å²) in [6.07, 6.45) is 0.113. The fourth-order valence-electron chi connectivity index (χ4n) is 2.76. The molecule has 0 saturated carbocycles. The Morgan fingerprint density at radius 3 is 2.64 bits per heavy atom. The topological polar surface area (TPSA) is 94.8 Å². The zero-order valence-corrected chi connectivity index (χ0v) is 16.7. The number of thiophene rings is 1. The van der Waals surface area contributed by atoms with Crippen LogP contribution in [0.2, 0.25) is 0 Å². The maximum atomic E-state index is 9.86. The second kappa shape index (κ2) is 9.05. The SMILES string of the molecule is CCc1ccc(-c2cc(NCC(O)CO)nc(-c3ccc(O)c(OC)c3)c2)s1. The normalized spacial score (nSPS) is 12.0. The van der Waals surface area contributed by atoms with Crippen LogP contribution < -0.4 is 10.1 Å². The summed E-state index contributed by atoms with van der Waals surface area (Å²) in [5, 5.41) is 31.6. The third-order valence-electron chi connectivity index (χ3n) is 4.33. The van der Waals surface area contributed by atoms with E-state index < -0.39 is 6.10 Å². The second-order valence-electron chi connectivity index (χ2n) is 6.35. The van der Waals surface area contributed by atoms with Gasteiger partial charge in [0, 0.05) is 21.9 Å². The molecule has 0 radical (unpaired) electrons. The molecule has 0 bridgehead atoms. The average Bonchev–Trinajstić information content (AvgIpc) is 3.21. The van der Waals surface area contributed by atoms with Gasteiger partial charge in [-0.25, -0.2) is 4.98 Å². The summed E-state index contributed by atoms with van der Waals surface area (Å²) < 4.78 is 5.21. The van der Waals surface area contributed by atoms with Crippen molar-refractivity contribution in [3.05, 3.63) is 47.3 Å². The zero-order valence-electron chi connectivity index (χ0n) is 15.8. The number of ether oxygens (including phenoxy) is 1. The van der Waals surface area contributed by atoms with Crippen molar-refractivity contribution < 1.29 is 20.1 Å². The maximum Gasteiger partial charge on any atom is 0.161 e. The molecular weight excluding hydrogens is 376 g/mol. The first-order chi connectivity index (χ1) is 13.5. The minimum absolute atomic E-state index is 0.0673. The van der Waals surface area contributed by atoms with Gasteiger partial charge >= 0.3 is 0 Å². The molecule has 1 aromatic carbocycles. The van der Waals surface area contributed by atoms with Crippen molar-refractivity contribution in [3.63, 3.8) is 0 Å². The molecule has 0 aliphatic rings. The van der Waals surface area contributed by atoms with Gasteiger partial charge in [-0.05, 0) is 54.4 Å². The number of aliphatic hydroxyl groups excluding tert-OH is 2. The van der Waals surface area contributed by atoms with E-state index in [0.29, 0.717) is 17.3 Å². The predicted octanol–water partition coefficient (Wildman–Crippen LogP) is 3.52. The number of hydrogen-bond donors (Lipinski definition) is 4. The summed E-state index contributed by atoms with van der Waals surface area (Å²) in [6, 6.07) is 13.2. The minimum Gasteiger partial charge on any atom is -0.504 e. The number of aryl methyl sites for hydroxylation is 1. The molecule has 2 aromatic heterocycles. The van der Waals surface area contributed by atoms with E-state index in [1.807, 2.05) is 12.1 Å². The third kappa shape index (κ3) is 4.62. The summed E-state index contributed by atoms with van der Waals surface area (Å²) in [4.78, 5) is 7.05. The molecule has 4 N–H and O–H groups in total. The molecule has 1 unspecified atom stereocenters. The van der Waals surface area contributed by atoms with Crippen molar-refractivity contribution in [2.75, 3.05) is 25.6 Å². The van der Waals surface area contributed by atoms with Crippen LogP contribution >= 0.6 is 11.3 Å². The van der Waals surface area contributed by atoms with Gasteiger partial charge in [0.05, 0.1) is 25.5 Å². The minimum atomic E-state index is -0.865. The number of nitrogens with zero attached hydrogens (tertiary/aromatic N) is 1. The fraction of sp³-hybridized carbons (Fsp3) is 0.286. The molecule has 28 heavy (non-hydrogen) atoms. The van der Waals surface area contributed by atoms with Crippen molar-refractivity contribution in [2.45, 2.75) is 19.4 Å². The number of pyridine rings is 1. The Morgan fingerprint density at radius 1 is 1.14 bits per heavy atom. The van der Waals surface area contributed by atoms with Crippen LogP contribution in [0.1, 0.15) is 11.8 Å². The molecule has 0 aliphatic carbocycles. The van der Waals surface area contributed by atoms with Crippen molar-refractivity contribution >= 4 is 17.2 Å². The highest BCUT2D eigenvalue weighted by Gasteiger charge is 2.12. The largest absolute Gasteiger partial charge is 0.504 e. The first-order valence-corrected chi connectivity index (χ1v) is 9.87. The summed E-state index contributed by atoms with van der Waals surface area (Å²) >= 11 is 1.73. The smallest absolute Gasteiger partial charge is 0.161 e. The van der Waals surface area contributed by atoms with Gasteiger partial charge in [0.15, 0.2) is 11.5 Å². The van der Waals surface area contributed by atoms with Crippen LogP contribution in [-0.4, -0.2) is 46.7 Å². The van der Waals surface area contributed by atoms with E-state index in [0.717, 1.165) is 22.4 Å². The molecule has 7 heteroatoms. The van der Waals surface area contributed by atoms with Crippen LogP contribution in [0.15, 0.2) is 42.5 Å². The van der Waals surface area contributed by atoms with Crippen molar-refractivity contribution in [2.24, 2.45) is 0 Å². The molecular formula is C21H24N2O4S. The van der Waals surface area contributed by atoms with Gasteiger partial charge in [-0.3, -0.25) is 0 Å². The number of hydrogen-bond acceptors (Lipinski definition) is 7. The summed E-state index contributed by atoms with van der Waals surface area (Å²) in [7, 11) is 1.50. The monoisotopic (exact) mass is 400 g/mol. The van der Waals surface area contributed by atoms with E-state index in [1.54, 1.807) is 29.5 Å². The number of aromatic hydroxyl groups is 1. The van der Waals surface area contributed by atoms with Gasteiger partial charge in [-0.1, -0.05) is 6.92 Å². The van der Waals surface area contributed by atoms with Crippen LogP contribution in [0.5, 0.6) is 11.5 Å². The lowest BCUT2D eigenvalue weighted by molar-refractivity contribution is 0.105. The van der Waals surface area contributed by atoms with Crippen LogP contribution in [0.4, 0.5) is 5.82 Å². The Morgan fingerprint density at radius 2 is 1.96 bits per heavy atom. The van der Waals surface area contributed by atoms with Crippen LogP contribution in [0.25, 0.3) is 21.7 Å². The first kappa shape index (κ1) is 20.1. The van der Waals surface area contributed by atoms with Gasteiger partial charge in [0.25, 0.3) is 0 Å². The molecule has 1 atom stereocenters. The van der Waals surface area contributed by atoms with Crippen LogP contribution in [-0.2, 0) is 6.42 Å². The molecule has 2 heterocycles. The van der Waals surface area contributed by atoms with Gasteiger partial charge in [-0.2, -0.15) is 0 Å². The van der Waals surface area contributed by atoms with Gasteiger partial charge in [0.2, 0.25) is 0 Å². The number of methoxy groups -OCH3 is 1. The van der Waals surface area contributed by atoms with Gasteiger partial charge in [-0.15, -0.1) is 11.3 Å². The maximum absolute atomic E-state index is 9.86. The molecule has 148 valence electrons. The van der Waals surface area contributed by atoms with E-state index in [4.69, 9.17) is 9.84 Å². The van der Waals surface area contributed by atoms with Crippen LogP contribution in [0, 0.1) is 0 Å². The van der Waals surface area contributed by atoms with Crippen molar-refractivity contribution in [3.8, 4) is 33.2 Å². The number of phenols is 1.